The highest BCUT2D eigenvalue weighted by molar-refractivity contribution is 5.74. The monoisotopic (exact) mass is 239 g/mol. The van der Waals surface area contributed by atoms with Crippen LogP contribution in [0, 0.1) is 29.2 Å². The van der Waals surface area contributed by atoms with Crippen molar-refractivity contribution in [2.24, 2.45) is 0 Å². The molecule has 1 rings (SSSR count). The van der Waals surface area contributed by atoms with Gasteiger partial charge >= 0.3 is 0 Å². The summed E-state index contributed by atoms with van der Waals surface area (Å²) in [6.45, 7) is 6.88. The lowest BCUT2D eigenvalue weighted by Gasteiger charge is -2.07. The zero-order valence-electron chi connectivity index (χ0n) is 9.33. The molecule has 0 fully saturated rings. The fraction of sp³-hybridized carbons (Fsp3) is 0.154. The van der Waals surface area contributed by atoms with Crippen LogP contribution < -0.4 is 0 Å². The van der Waals surface area contributed by atoms with Gasteiger partial charge in [-0.1, -0.05) is 24.3 Å². The summed E-state index contributed by atoms with van der Waals surface area (Å²) in [4.78, 5) is 3.08. The fourth-order valence-corrected chi connectivity index (χ4v) is 1.42. The Balaban J connectivity index is 3.26. The molecule has 88 valence electrons. The molecule has 0 saturated carbocycles. The van der Waals surface area contributed by atoms with Crippen molar-refractivity contribution in [2.75, 3.05) is 0 Å². The molecule has 0 amide bonds. The van der Waals surface area contributed by atoms with Gasteiger partial charge in [-0.2, -0.15) is 5.26 Å². The van der Waals surface area contributed by atoms with Crippen LogP contribution in [-0.4, -0.2) is 10.2 Å². The van der Waals surface area contributed by atoms with Gasteiger partial charge in [0.25, 0.3) is 5.70 Å². The minimum absolute atomic E-state index is 0.0493. The van der Waals surface area contributed by atoms with Crippen molar-refractivity contribution in [2.45, 2.75) is 12.7 Å². The maximum absolute atomic E-state index is 8.95. The molecule has 0 bridgehead atoms. The summed E-state index contributed by atoms with van der Waals surface area (Å²) >= 11 is 0. The van der Waals surface area contributed by atoms with E-state index >= 15 is 0 Å². The number of hydrogen-bond acceptors (Lipinski definition) is 4. The third kappa shape index (κ3) is 2.93. The van der Waals surface area contributed by atoms with Crippen molar-refractivity contribution >= 4 is 5.57 Å². The number of hydrogen-bond donors (Lipinski definition) is 2. The van der Waals surface area contributed by atoms with Crippen LogP contribution in [0.5, 0.6) is 0 Å². The van der Waals surface area contributed by atoms with Crippen LogP contribution in [0.3, 0.4) is 0 Å². The second-order valence-electron chi connectivity index (χ2n) is 3.38. The van der Waals surface area contributed by atoms with Crippen LogP contribution in [0.15, 0.2) is 30.0 Å². The van der Waals surface area contributed by atoms with Gasteiger partial charge in [-0.05, 0) is 11.1 Å². The van der Waals surface area contributed by atoms with E-state index in [1.807, 2.05) is 6.07 Å². The van der Waals surface area contributed by atoms with E-state index in [-0.39, 0.29) is 12.1 Å². The van der Waals surface area contributed by atoms with Gasteiger partial charge in [-0.15, -0.1) is 0 Å². The maximum atomic E-state index is 8.95. The minimum atomic E-state index is -1.57. The van der Waals surface area contributed by atoms with Gasteiger partial charge in [0.05, 0.1) is 25.1 Å². The third-order valence-corrected chi connectivity index (χ3v) is 2.32. The highest BCUT2D eigenvalue weighted by Crippen LogP contribution is 2.24. The normalized spacial score (nSPS) is 11.1. The Labute approximate surface area is 104 Å². The minimum Gasteiger partial charge on any atom is -0.364 e. The molecule has 0 aliphatic heterocycles. The molecule has 5 heteroatoms. The van der Waals surface area contributed by atoms with Crippen molar-refractivity contribution in [1.82, 2.24) is 0 Å². The summed E-state index contributed by atoms with van der Waals surface area (Å²) < 4.78 is 0. The van der Waals surface area contributed by atoms with E-state index in [2.05, 4.69) is 4.85 Å². The molecule has 0 radical (unpaired) electrons. The molecule has 0 unspecified atom stereocenters. The molecule has 0 aromatic heterocycles. The van der Waals surface area contributed by atoms with Crippen molar-refractivity contribution < 1.29 is 10.2 Å². The van der Waals surface area contributed by atoms with Crippen molar-refractivity contribution in [1.29, 1.82) is 10.5 Å². The first-order chi connectivity index (χ1) is 8.63. The van der Waals surface area contributed by atoms with E-state index in [9.17, 15) is 0 Å². The summed E-state index contributed by atoms with van der Waals surface area (Å²) in [6.07, 6.45) is -1.62. The molecule has 0 saturated heterocycles. The Hall–Kier alpha value is -2.65. The average Bonchev–Trinajstić information content (AvgIpc) is 2.39. The lowest BCUT2D eigenvalue weighted by Crippen LogP contribution is -1.95. The zero-order chi connectivity index (χ0) is 13.5. The SMILES string of the molecule is [C-]#[N+]/C(C#N)=C(/CC#N)c1ccc(C(O)O)cc1. The quantitative estimate of drug-likeness (QED) is 0.477. The molecular formula is C13H9N3O2. The first-order valence-corrected chi connectivity index (χ1v) is 4.98. The summed E-state index contributed by atoms with van der Waals surface area (Å²) in [7, 11) is 0. The maximum Gasteiger partial charge on any atom is 0.266 e. The number of allylic oxidation sites excluding steroid dienone is 2. The van der Waals surface area contributed by atoms with E-state index in [4.69, 9.17) is 27.3 Å². The summed E-state index contributed by atoms with van der Waals surface area (Å²) in [5.74, 6) is 0. The van der Waals surface area contributed by atoms with Crippen molar-refractivity contribution in [3.05, 3.63) is 52.5 Å². The van der Waals surface area contributed by atoms with Gasteiger partial charge in [0.2, 0.25) is 0 Å². The van der Waals surface area contributed by atoms with Crippen LogP contribution in [0.25, 0.3) is 10.4 Å². The summed E-state index contributed by atoms with van der Waals surface area (Å²) in [6, 6.07) is 9.68. The second kappa shape index (κ2) is 6.18. The molecule has 1 aromatic rings. The van der Waals surface area contributed by atoms with Gasteiger partial charge < -0.3 is 10.2 Å². The molecular weight excluding hydrogens is 230 g/mol. The highest BCUT2D eigenvalue weighted by atomic mass is 16.5. The molecule has 18 heavy (non-hydrogen) atoms. The fourth-order valence-electron chi connectivity index (χ4n) is 1.42. The Kier molecular flexibility index (Phi) is 4.60. The molecule has 0 heterocycles. The van der Waals surface area contributed by atoms with Crippen molar-refractivity contribution in [3.8, 4) is 12.1 Å². The Morgan fingerprint density at radius 2 is 1.89 bits per heavy atom. The number of aliphatic hydroxyl groups excluding tert-OH is 1. The molecule has 1 aromatic carbocycles. The van der Waals surface area contributed by atoms with E-state index < -0.39 is 6.29 Å². The number of rotatable bonds is 3. The Bertz CT molecular complexity index is 565. The molecule has 2 N–H and O–H groups in total. The zero-order valence-corrected chi connectivity index (χ0v) is 9.33. The molecule has 0 aliphatic carbocycles. The summed E-state index contributed by atoms with van der Waals surface area (Å²) in [5.41, 5.74) is 1.06. The highest BCUT2D eigenvalue weighted by Gasteiger charge is 2.10. The number of benzene rings is 1. The van der Waals surface area contributed by atoms with Gasteiger partial charge in [-0.3, -0.25) is 0 Å². The lowest BCUT2D eigenvalue weighted by atomic mass is 10.00. The molecule has 0 atom stereocenters. The van der Waals surface area contributed by atoms with Crippen molar-refractivity contribution in [3.63, 3.8) is 0 Å². The standard InChI is InChI=1S/C13H9N3O2/c1-16-12(8-15)11(6-7-14)9-2-4-10(5-3-9)13(17)18/h2-5,13,17-18H,6H2/b12-11-. The Morgan fingerprint density at radius 1 is 1.28 bits per heavy atom. The van der Waals surface area contributed by atoms with Gasteiger partial charge in [-0.25, -0.2) is 10.1 Å². The number of aliphatic hydroxyl groups is 2. The second-order valence-corrected chi connectivity index (χ2v) is 3.38. The van der Waals surface area contributed by atoms with E-state index in [0.717, 1.165) is 0 Å². The van der Waals surface area contributed by atoms with E-state index in [0.29, 0.717) is 16.7 Å². The van der Waals surface area contributed by atoms with Gasteiger partial charge in [0, 0.05) is 5.56 Å². The predicted molar refractivity (Wildman–Crippen MR) is 63.0 cm³/mol. The van der Waals surface area contributed by atoms with Crippen LogP contribution in [0.4, 0.5) is 0 Å². The topological polar surface area (TPSA) is 92.4 Å². The molecule has 0 spiro atoms. The Morgan fingerprint density at radius 3 is 2.28 bits per heavy atom. The smallest absolute Gasteiger partial charge is 0.266 e. The van der Waals surface area contributed by atoms with Crippen LogP contribution in [-0.2, 0) is 0 Å². The molecule has 0 aliphatic rings. The van der Waals surface area contributed by atoms with E-state index in [1.54, 1.807) is 18.2 Å². The van der Waals surface area contributed by atoms with Gasteiger partial charge in [0.15, 0.2) is 6.29 Å². The first-order valence-electron chi connectivity index (χ1n) is 4.98. The average molecular weight is 239 g/mol. The predicted octanol–water partition coefficient (Wildman–Crippen LogP) is 1.74. The summed E-state index contributed by atoms with van der Waals surface area (Å²) in [5, 5.41) is 35.4. The first kappa shape index (κ1) is 13.4. The molecule has 5 nitrogen and oxygen atoms in total. The lowest BCUT2D eigenvalue weighted by molar-refractivity contribution is -0.0424. The van der Waals surface area contributed by atoms with Crippen LogP contribution >= 0.6 is 0 Å². The number of nitrogens with zero attached hydrogens (tertiary/aromatic N) is 3. The number of nitriles is 2. The third-order valence-electron chi connectivity index (χ3n) is 2.32. The van der Waals surface area contributed by atoms with Crippen LogP contribution in [0.2, 0.25) is 0 Å². The van der Waals surface area contributed by atoms with Gasteiger partial charge in [0.1, 0.15) is 0 Å². The van der Waals surface area contributed by atoms with E-state index in [1.165, 1.54) is 12.1 Å². The van der Waals surface area contributed by atoms with Crippen LogP contribution in [0.1, 0.15) is 23.8 Å². The largest absolute Gasteiger partial charge is 0.364 e.